The highest BCUT2D eigenvalue weighted by Gasteiger charge is 2.17. The Morgan fingerprint density at radius 3 is 3.06 bits per heavy atom. The summed E-state index contributed by atoms with van der Waals surface area (Å²) in [7, 11) is 1.85. The molecule has 18 heavy (non-hydrogen) atoms. The molecule has 2 rings (SSSR count). The fraction of sp³-hybridized carbons (Fsp3) is 0.500. The van der Waals surface area contributed by atoms with E-state index in [0.29, 0.717) is 4.83 Å². The van der Waals surface area contributed by atoms with Crippen LogP contribution in [0.15, 0.2) is 18.2 Å². The van der Waals surface area contributed by atoms with E-state index in [4.69, 9.17) is 4.74 Å². The number of hydrogen-bond acceptors (Lipinski definition) is 2. The molecule has 1 heterocycles. The normalized spacial score (nSPS) is 14.8. The molecule has 1 atom stereocenters. The Bertz CT molecular complexity index is 445. The van der Waals surface area contributed by atoms with E-state index in [-0.39, 0.29) is 5.91 Å². The fourth-order valence-corrected chi connectivity index (χ4v) is 2.22. The molecule has 1 aromatic carbocycles. The maximum Gasteiger partial charge on any atom is 0.253 e. The van der Waals surface area contributed by atoms with E-state index in [0.717, 1.165) is 42.9 Å². The molecule has 0 bridgehead atoms. The van der Waals surface area contributed by atoms with Gasteiger partial charge in [-0.15, -0.1) is 0 Å². The Kier molecular flexibility index (Phi) is 4.27. The SMILES string of the molecule is CC(Br)CCN(C)C(=O)c1ccc2c(c1)CCO2. The number of carbonyl (C=O) groups excluding carboxylic acids is 1. The lowest BCUT2D eigenvalue weighted by molar-refractivity contribution is 0.0794. The molecule has 0 saturated heterocycles. The van der Waals surface area contributed by atoms with E-state index in [9.17, 15) is 4.79 Å². The van der Waals surface area contributed by atoms with Crippen LogP contribution in [0.3, 0.4) is 0 Å². The molecule has 1 unspecified atom stereocenters. The van der Waals surface area contributed by atoms with Gasteiger partial charge in [0, 0.05) is 30.4 Å². The lowest BCUT2D eigenvalue weighted by Crippen LogP contribution is -2.28. The molecule has 0 aliphatic carbocycles. The van der Waals surface area contributed by atoms with Gasteiger partial charge < -0.3 is 9.64 Å². The zero-order chi connectivity index (χ0) is 13.1. The van der Waals surface area contributed by atoms with Crippen LogP contribution in [0.5, 0.6) is 5.75 Å². The molecule has 3 nitrogen and oxygen atoms in total. The number of carbonyl (C=O) groups is 1. The van der Waals surface area contributed by atoms with Crippen molar-refractivity contribution in [3.8, 4) is 5.75 Å². The highest BCUT2D eigenvalue weighted by atomic mass is 79.9. The summed E-state index contributed by atoms with van der Waals surface area (Å²) in [6.07, 6.45) is 1.86. The van der Waals surface area contributed by atoms with Gasteiger partial charge in [-0.3, -0.25) is 4.79 Å². The van der Waals surface area contributed by atoms with Crippen LogP contribution in [-0.2, 0) is 6.42 Å². The van der Waals surface area contributed by atoms with Crippen molar-refractivity contribution < 1.29 is 9.53 Å². The monoisotopic (exact) mass is 311 g/mol. The molecule has 0 saturated carbocycles. The first-order valence-electron chi connectivity index (χ1n) is 6.23. The third kappa shape index (κ3) is 3.05. The van der Waals surface area contributed by atoms with Gasteiger partial charge in [0.15, 0.2) is 0 Å². The van der Waals surface area contributed by atoms with E-state index < -0.39 is 0 Å². The Balaban J connectivity index is 2.04. The van der Waals surface area contributed by atoms with Gasteiger partial charge in [0.1, 0.15) is 5.75 Å². The molecular weight excluding hydrogens is 294 g/mol. The van der Waals surface area contributed by atoms with Gasteiger partial charge in [0.2, 0.25) is 0 Å². The molecule has 1 aromatic rings. The van der Waals surface area contributed by atoms with Crippen LogP contribution in [0.1, 0.15) is 29.3 Å². The zero-order valence-electron chi connectivity index (χ0n) is 10.8. The maximum absolute atomic E-state index is 12.2. The van der Waals surface area contributed by atoms with Crippen molar-refractivity contribution in [1.29, 1.82) is 0 Å². The third-order valence-electron chi connectivity index (χ3n) is 3.15. The topological polar surface area (TPSA) is 29.5 Å². The van der Waals surface area contributed by atoms with Gasteiger partial charge in [0.25, 0.3) is 5.91 Å². The Morgan fingerprint density at radius 2 is 2.33 bits per heavy atom. The van der Waals surface area contributed by atoms with Crippen molar-refractivity contribution in [3.63, 3.8) is 0 Å². The number of hydrogen-bond donors (Lipinski definition) is 0. The quantitative estimate of drug-likeness (QED) is 0.800. The average Bonchev–Trinajstić information content (AvgIpc) is 2.81. The summed E-state index contributed by atoms with van der Waals surface area (Å²) in [5.41, 5.74) is 1.90. The number of nitrogens with zero attached hydrogens (tertiary/aromatic N) is 1. The smallest absolute Gasteiger partial charge is 0.253 e. The summed E-state index contributed by atoms with van der Waals surface area (Å²) in [6, 6.07) is 5.70. The third-order valence-corrected chi connectivity index (χ3v) is 3.60. The van der Waals surface area contributed by atoms with Gasteiger partial charge in [0.05, 0.1) is 6.61 Å². The first kappa shape index (κ1) is 13.4. The molecule has 0 radical (unpaired) electrons. The standard InChI is InChI=1S/C14H18BrNO2/c1-10(15)5-7-16(2)14(17)12-3-4-13-11(9-12)6-8-18-13/h3-4,9-10H,5-8H2,1-2H3. The molecule has 4 heteroatoms. The van der Waals surface area contributed by atoms with Crippen molar-refractivity contribution in [2.45, 2.75) is 24.6 Å². The predicted molar refractivity (Wildman–Crippen MR) is 75.6 cm³/mol. The zero-order valence-corrected chi connectivity index (χ0v) is 12.4. The van der Waals surface area contributed by atoms with Crippen LogP contribution in [0, 0.1) is 0 Å². The van der Waals surface area contributed by atoms with Crippen LogP contribution in [0.2, 0.25) is 0 Å². The second-order valence-electron chi connectivity index (χ2n) is 4.72. The van der Waals surface area contributed by atoms with E-state index in [1.54, 1.807) is 4.90 Å². The molecular formula is C14H18BrNO2. The number of ether oxygens (including phenoxy) is 1. The molecule has 98 valence electrons. The predicted octanol–water partition coefficient (Wildman–Crippen LogP) is 2.87. The van der Waals surface area contributed by atoms with Gasteiger partial charge in [-0.25, -0.2) is 0 Å². The Hall–Kier alpha value is -1.03. The maximum atomic E-state index is 12.2. The number of alkyl halides is 1. The highest BCUT2D eigenvalue weighted by molar-refractivity contribution is 9.09. The molecule has 0 spiro atoms. The molecule has 1 aliphatic rings. The van der Waals surface area contributed by atoms with Crippen LogP contribution in [-0.4, -0.2) is 35.8 Å². The van der Waals surface area contributed by atoms with Gasteiger partial charge in [-0.1, -0.05) is 22.9 Å². The van der Waals surface area contributed by atoms with Crippen LogP contribution in [0.4, 0.5) is 0 Å². The van der Waals surface area contributed by atoms with Crippen molar-refractivity contribution in [3.05, 3.63) is 29.3 Å². The van der Waals surface area contributed by atoms with Gasteiger partial charge in [-0.2, -0.15) is 0 Å². The number of amides is 1. The average molecular weight is 312 g/mol. The minimum atomic E-state index is 0.0813. The molecule has 1 amide bonds. The lowest BCUT2D eigenvalue weighted by atomic mass is 10.1. The summed E-state index contributed by atoms with van der Waals surface area (Å²) in [5.74, 6) is 1.00. The molecule has 0 aromatic heterocycles. The van der Waals surface area contributed by atoms with Crippen LogP contribution in [0.25, 0.3) is 0 Å². The van der Waals surface area contributed by atoms with Crippen molar-refractivity contribution >= 4 is 21.8 Å². The van der Waals surface area contributed by atoms with E-state index in [1.165, 1.54) is 0 Å². The van der Waals surface area contributed by atoms with Crippen molar-refractivity contribution in [1.82, 2.24) is 4.90 Å². The number of halogens is 1. The molecule has 1 aliphatic heterocycles. The largest absolute Gasteiger partial charge is 0.493 e. The highest BCUT2D eigenvalue weighted by Crippen LogP contribution is 2.26. The van der Waals surface area contributed by atoms with E-state index in [1.807, 2.05) is 25.2 Å². The summed E-state index contributed by atoms with van der Waals surface area (Å²) in [6.45, 7) is 3.58. The van der Waals surface area contributed by atoms with Crippen LogP contribution >= 0.6 is 15.9 Å². The first-order chi connectivity index (χ1) is 8.58. The summed E-state index contributed by atoms with van der Waals surface area (Å²) >= 11 is 3.49. The fourth-order valence-electron chi connectivity index (χ4n) is 2.01. The molecule has 0 fully saturated rings. The summed E-state index contributed by atoms with van der Waals surface area (Å²) in [4.78, 5) is 14.4. The first-order valence-corrected chi connectivity index (χ1v) is 7.15. The molecule has 0 N–H and O–H groups in total. The van der Waals surface area contributed by atoms with E-state index in [2.05, 4.69) is 22.9 Å². The van der Waals surface area contributed by atoms with Crippen LogP contribution < -0.4 is 4.74 Å². The Labute approximate surface area is 116 Å². The van der Waals surface area contributed by atoms with E-state index >= 15 is 0 Å². The number of benzene rings is 1. The lowest BCUT2D eigenvalue weighted by Gasteiger charge is -2.18. The summed E-state index contributed by atoms with van der Waals surface area (Å²) < 4.78 is 5.44. The summed E-state index contributed by atoms with van der Waals surface area (Å²) in [5, 5.41) is 0. The second-order valence-corrected chi connectivity index (χ2v) is 6.28. The van der Waals surface area contributed by atoms with Crippen molar-refractivity contribution in [2.75, 3.05) is 20.2 Å². The minimum absolute atomic E-state index is 0.0813. The van der Waals surface area contributed by atoms with Gasteiger partial charge >= 0.3 is 0 Å². The number of rotatable bonds is 4. The van der Waals surface area contributed by atoms with Crippen molar-refractivity contribution in [2.24, 2.45) is 0 Å². The van der Waals surface area contributed by atoms with Gasteiger partial charge in [-0.05, 0) is 30.2 Å². The Morgan fingerprint density at radius 1 is 1.56 bits per heavy atom. The number of fused-ring (bicyclic) bond motifs is 1. The second kappa shape index (κ2) is 5.74. The minimum Gasteiger partial charge on any atom is -0.493 e.